The molecule has 3 N–H and O–H groups in total. The Kier molecular flexibility index (Phi) is 5.75. The monoisotopic (exact) mass is 371 g/mol. The van der Waals surface area contributed by atoms with E-state index in [1.54, 1.807) is 7.05 Å². The molecule has 8 heteroatoms. The van der Waals surface area contributed by atoms with Crippen LogP contribution < -0.4 is 21.5 Å². The summed E-state index contributed by atoms with van der Waals surface area (Å²) in [6, 6.07) is 9.90. The van der Waals surface area contributed by atoms with Gasteiger partial charge in [0.25, 0.3) is 5.56 Å². The molecule has 2 aromatic heterocycles. The Bertz CT molecular complexity index is 1010. The lowest BCUT2D eigenvalue weighted by molar-refractivity contribution is -0.894. The molecule has 3 aromatic rings. The first-order valence-electron chi connectivity index (χ1n) is 9.36. The molecule has 3 rings (SSSR count). The van der Waals surface area contributed by atoms with Gasteiger partial charge in [-0.3, -0.25) is 18.9 Å². The van der Waals surface area contributed by atoms with Crippen LogP contribution >= 0.6 is 0 Å². The zero-order chi connectivity index (χ0) is 19.4. The molecule has 0 unspecified atom stereocenters. The molecule has 0 amide bonds. The van der Waals surface area contributed by atoms with Crippen LogP contribution in [0.5, 0.6) is 0 Å². The predicted molar refractivity (Wildman–Crippen MR) is 107 cm³/mol. The van der Waals surface area contributed by atoms with Gasteiger partial charge in [-0.1, -0.05) is 30.3 Å². The van der Waals surface area contributed by atoms with Crippen LogP contribution in [0.4, 0.5) is 5.95 Å². The van der Waals surface area contributed by atoms with Crippen LogP contribution in [0.3, 0.4) is 0 Å². The molecule has 0 aliphatic carbocycles. The lowest BCUT2D eigenvalue weighted by Gasteiger charge is -2.16. The molecule has 8 nitrogen and oxygen atoms in total. The fraction of sp³-hybridized carbons (Fsp3) is 0.421. The number of imidazole rings is 1. The SMILES string of the molecule is CC[NH+](CC)CCNc1nc2c(c(=O)[nH]c(=O)n2C)n1Cc1ccccc1. The first-order chi connectivity index (χ1) is 13.0. The number of aromatic nitrogens is 4. The van der Waals surface area contributed by atoms with Gasteiger partial charge in [0.15, 0.2) is 11.2 Å². The minimum Gasteiger partial charge on any atom is -0.350 e. The van der Waals surface area contributed by atoms with Gasteiger partial charge in [-0.25, -0.2) is 4.79 Å². The summed E-state index contributed by atoms with van der Waals surface area (Å²) >= 11 is 0. The Hall–Kier alpha value is -2.87. The molecule has 0 spiro atoms. The molecule has 0 aliphatic heterocycles. The van der Waals surface area contributed by atoms with Gasteiger partial charge >= 0.3 is 5.69 Å². The van der Waals surface area contributed by atoms with Crippen molar-refractivity contribution in [2.24, 2.45) is 7.05 Å². The zero-order valence-corrected chi connectivity index (χ0v) is 16.1. The number of aromatic amines is 1. The first kappa shape index (κ1) is 18.9. The number of H-pyrrole nitrogens is 1. The number of nitrogens with zero attached hydrogens (tertiary/aromatic N) is 3. The van der Waals surface area contributed by atoms with E-state index in [-0.39, 0.29) is 0 Å². The Labute approximate surface area is 157 Å². The van der Waals surface area contributed by atoms with E-state index in [1.165, 1.54) is 9.47 Å². The van der Waals surface area contributed by atoms with Gasteiger partial charge in [0.1, 0.15) is 0 Å². The van der Waals surface area contributed by atoms with E-state index in [4.69, 9.17) is 0 Å². The maximum atomic E-state index is 12.5. The zero-order valence-electron chi connectivity index (χ0n) is 16.1. The normalized spacial score (nSPS) is 11.4. The molecule has 1 aromatic carbocycles. The number of nitrogens with one attached hydrogen (secondary N) is 3. The maximum absolute atomic E-state index is 12.5. The van der Waals surface area contributed by atoms with Crippen LogP contribution in [0.1, 0.15) is 19.4 Å². The van der Waals surface area contributed by atoms with Crippen LogP contribution in [0.15, 0.2) is 39.9 Å². The smallest absolute Gasteiger partial charge is 0.329 e. The molecular weight excluding hydrogens is 344 g/mol. The summed E-state index contributed by atoms with van der Waals surface area (Å²) in [5.74, 6) is 0.604. The molecule has 0 radical (unpaired) electrons. The standard InChI is InChI=1S/C19H26N6O2/c1-4-24(5-2)12-11-20-18-21-16-15(17(26)22-19(27)23(16)3)25(18)13-14-9-7-6-8-10-14/h6-10H,4-5,11-13H2,1-3H3,(H,20,21)(H,22,26,27)/p+1. The Balaban J connectivity index is 2.01. The molecule has 0 saturated carbocycles. The highest BCUT2D eigenvalue weighted by atomic mass is 16.2. The van der Waals surface area contributed by atoms with E-state index in [0.717, 1.165) is 31.7 Å². The van der Waals surface area contributed by atoms with E-state index in [2.05, 4.69) is 29.1 Å². The molecule has 2 heterocycles. The van der Waals surface area contributed by atoms with Gasteiger partial charge in [-0.15, -0.1) is 0 Å². The summed E-state index contributed by atoms with van der Waals surface area (Å²) in [7, 11) is 1.62. The van der Waals surface area contributed by atoms with Crippen molar-refractivity contribution in [3.05, 3.63) is 56.7 Å². The predicted octanol–water partition coefficient (Wildman–Crippen LogP) is -0.192. The summed E-state index contributed by atoms with van der Waals surface area (Å²) < 4.78 is 3.22. The van der Waals surface area contributed by atoms with Crippen LogP contribution in [0.2, 0.25) is 0 Å². The Morgan fingerprint density at radius 2 is 1.85 bits per heavy atom. The average Bonchev–Trinajstić information content (AvgIpc) is 3.03. The fourth-order valence-corrected chi connectivity index (χ4v) is 3.24. The van der Waals surface area contributed by atoms with Gasteiger partial charge in [0, 0.05) is 7.05 Å². The second-order valence-electron chi connectivity index (χ2n) is 6.63. The highest BCUT2D eigenvalue weighted by Gasteiger charge is 2.17. The quantitative estimate of drug-likeness (QED) is 0.512. The van der Waals surface area contributed by atoms with E-state index in [9.17, 15) is 9.59 Å². The highest BCUT2D eigenvalue weighted by molar-refractivity contribution is 5.74. The van der Waals surface area contributed by atoms with E-state index >= 15 is 0 Å². The molecule has 0 saturated heterocycles. The first-order valence-corrected chi connectivity index (χ1v) is 9.36. The minimum atomic E-state index is -0.462. The van der Waals surface area contributed by atoms with Gasteiger partial charge in [0.2, 0.25) is 5.95 Å². The van der Waals surface area contributed by atoms with Crippen molar-refractivity contribution in [2.45, 2.75) is 20.4 Å². The number of hydrogen-bond acceptors (Lipinski definition) is 4. The number of anilines is 1. The molecule has 0 bridgehead atoms. The van der Waals surface area contributed by atoms with Gasteiger partial charge in [-0.05, 0) is 19.4 Å². The molecule has 0 aliphatic rings. The van der Waals surface area contributed by atoms with Crippen molar-refractivity contribution in [1.82, 2.24) is 19.1 Å². The number of fused-ring (bicyclic) bond motifs is 1. The lowest BCUT2D eigenvalue weighted by Crippen LogP contribution is -3.12. The number of benzene rings is 1. The van der Waals surface area contributed by atoms with Crippen LogP contribution in [-0.2, 0) is 13.6 Å². The summed E-state index contributed by atoms with van der Waals surface area (Å²) in [5, 5.41) is 3.36. The third kappa shape index (κ3) is 3.95. The average molecular weight is 371 g/mol. The third-order valence-corrected chi connectivity index (χ3v) is 4.95. The topological polar surface area (TPSA) is 89.2 Å². The van der Waals surface area contributed by atoms with E-state index < -0.39 is 11.2 Å². The summed E-state index contributed by atoms with van der Waals surface area (Å²) in [6.45, 7) is 8.65. The number of rotatable bonds is 8. The molecular formula is C19H27N6O2+. The fourth-order valence-electron chi connectivity index (χ4n) is 3.24. The molecule has 0 fully saturated rings. The third-order valence-electron chi connectivity index (χ3n) is 4.95. The highest BCUT2D eigenvalue weighted by Crippen LogP contribution is 2.17. The molecule has 0 atom stereocenters. The summed E-state index contributed by atoms with van der Waals surface area (Å²) in [5.41, 5.74) is 0.966. The Morgan fingerprint density at radius 1 is 1.15 bits per heavy atom. The van der Waals surface area contributed by atoms with Gasteiger partial charge in [-0.2, -0.15) is 4.98 Å². The van der Waals surface area contributed by atoms with Crippen molar-refractivity contribution < 1.29 is 4.90 Å². The van der Waals surface area contributed by atoms with E-state index in [0.29, 0.717) is 23.7 Å². The van der Waals surface area contributed by atoms with E-state index in [1.807, 2.05) is 34.9 Å². The summed E-state index contributed by atoms with van der Waals surface area (Å²) in [6.07, 6.45) is 0. The Morgan fingerprint density at radius 3 is 2.52 bits per heavy atom. The van der Waals surface area contributed by atoms with Crippen molar-refractivity contribution >= 4 is 17.1 Å². The molecule has 27 heavy (non-hydrogen) atoms. The van der Waals surface area contributed by atoms with Crippen LogP contribution in [-0.4, -0.2) is 45.3 Å². The van der Waals surface area contributed by atoms with Crippen LogP contribution in [0, 0.1) is 0 Å². The van der Waals surface area contributed by atoms with Crippen molar-refractivity contribution in [3.63, 3.8) is 0 Å². The number of likely N-dealkylation sites (N-methyl/N-ethyl adjacent to an activating group) is 1. The largest absolute Gasteiger partial charge is 0.350 e. The minimum absolute atomic E-state index is 0.386. The number of aryl methyl sites for hydroxylation is 1. The maximum Gasteiger partial charge on any atom is 0.329 e. The second kappa shape index (κ2) is 8.22. The lowest BCUT2D eigenvalue weighted by atomic mass is 10.2. The molecule has 144 valence electrons. The van der Waals surface area contributed by atoms with Crippen molar-refractivity contribution in [2.75, 3.05) is 31.5 Å². The summed E-state index contributed by atoms with van der Waals surface area (Å²) in [4.78, 5) is 32.9. The number of quaternary nitrogens is 1. The van der Waals surface area contributed by atoms with Crippen molar-refractivity contribution in [3.8, 4) is 0 Å². The van der Waals surface area contributed by atoms with Crippen LogP contribution in [0.25, 0.3) is 11.2 Å². The number of hydrogen-bond donors (Lipinski definition) is 3. The van der Waals surface area contributed by atoms with Gasteiger partial charge in [0.05, 0.1) is 32.7 Å². The van der Waals surface area contributed by atoms with Crippen molar-refractivity contribution in [1.29, 1.82) is 0 Å². The van der Waals surface area contributed by atoms with Gasteiger partial charge < -0.3 is 10.2 Å². The second-order valence-corrected chi connectivity index (χ2v) is 6.63.